The molecule has 0 spiro atoms. The van der Waals surface area contributed by atoms with E-state index in [-0.39, 0.29) is 30.5 Å². The van der Waals surface area contributed by atoms with Crippen molar-refractivity contribution >= 4 is 23.4 Å². The van der Waals surface area contributed by atoms with Gasteiger partial charge in [0.2, 0.25) is 5.91 Å². The number of ether oxygens (including phenoxy) is 3. The Morgan fingerprint density at radius 2 is 1.60 bits per heavy atom. The minimum atomic E-state index is -0.550. The lowest BCUT2D eigenvalue weighted by molar-refractivity contribution is -0.142. The molecule has 0 bridgehead atoms. The molecule has 8 nitrogen and oxygen atoms in total. The Hall–Kier alpha value is -3.95. The Kier molecular flexibility index (Phi) is 10.4. The zero-order valence-electron chi connectivity index (χ0n) is 23.0. The van der Waals surface area contributed by atoms with E-state index in [1.54, 1.807) is 12.1 Å². The molecule has 2 N–H and O–H groups in total. The Balaban J connectivity index is 1.23. The number of carbonyl (C=O) groups is 2. The number of furan rings is 1. The quantitative estimate of drug-likeness (QED) is 0.210. The van der Waals surface area contributed by atoms with E-state index in [9.17, 15) is 9.59 Å². The molecule has 1 aromatic heterocycles. The third-order valence-corrected chi connectivity index (χ3v) is 7.33. The van der Waals surface area contributed by atoms with Crippen LogP contribution in [0.15, 0.2) is 102 Å². The van der Waals surface area contributed by atoms with Crippen molar-refractivity contribution in [1.82, 2.24) is 10.9 Å². The van der Waals surface area contributed by atoms with Gasteiger partial charge in [0.1, 0.15) is 0 Å². The van der Waals surface area contributed by atoms with Crippen molar-refractivity contribution in [3.63, 3.8) is 0 Å². The number of amides is 2. The molecule has 3 unspecified atom stereocenters. The lowest BCUT2D eigenvalue weighted by Gasteiger charge is -2.36. The van der Waals surface area contributed by atoms with Crippen molar-refractivity contribution in [1.29, 1.82) is 0 Å². The Morgan fingerprint density at radius 3 is 2.31 bits per heavy atom. The number of hydrogen-bond donors (Lipinski definition) is 2. The fourth-order valence-corrected chi connectivity index (χ4v) is 5.03. The van der Waals surface area contributed by atoms with Crippen LogP contribution in [0, 0.1) is 0 Å². The van der Waals surface area contributed by atoms with Gasteiger partial charge in [0.25, 0.3) is 0 Å². The van der Waals surface area contributed by atoms with Gasteiger partial charge in [0, 0.05) is 17.9 Å². The van der Waals surface area contributed by atoms with Gasteiger partial charge in [0.05, 0.1) is 50.8 Å². The molecule has 5 rings (SSSR count). The van der Waals surface area contributed by atoms with Crippen LogP contribution in [-0.2, 0) is 38.6 Å². The molecule has 3 aromatic carbocycles. The summed E-state index contributed by atoms with van der Waals surface area (Å²) in [6.07, 6.45) is 2.20. The molecule has 1 aliphatic rings. The van der Waals surface area contributed by atoms with E-state index in [1.807, 2.05) is 72.8 Å². The average Bonchev–Trinajstić information content (AvgIpc) is 3.56. The first-order valence-electron chi connectivity index (χ1n) is 13.9. The predicted octanol–water partition coefficient (Wildman–Crippen LogP) is 5.96. The van der Waals surface area contributed by atoms with Crippen molar-refractivity contribution in [3.05, 3.63) is 130 Å². The summed E-state index contributed by atoms with van der Waals surface area (Å²) in [4.78, 5) is 24.7. The van der Waals surface area contributed by atoms with Gasteiger partial charge < -0.3 is 18.6 Å². The summed E-state index contributed by atoms with van der Waals surface area (Å²) in [5.41, 5.74) is 8.46. The summed E-state index contributed by atoms with van der Waals surface area (Å²) >= 11 is 6.46. The molecule has 2 amide bonds. The van der Waals surface area contributed by atoms with E-state index in [1.165, 1.54) is 12.3 Å². The average molecular weight is 589 g/mol. The second-order valence-electron chi connectivity index (χ2n) is 10.1. The third kappa shape index (κ3) is 8.53. The van der Waals surface area contributed by atoms with Crippen molar-refractivity contribution < 1.29 is 28.2 Å². The Bertz CT molecular complexity index is 1430. The van der Waals surface area contributed by atoms with Gasteiger partial charge in [-0.05, 0) is 40.5 Å². The molecular weight excluding hydrogens is 556 g/mol. The van der Waals surface area contributed by atoms with Crippen LogP contribution in [0.3, 0.4) is 0 Å². The van der Waals surface area contributed by atoms with Gasteiger partial charge in [-0.1, -0.05) is 84.4 Å². The maximum Gasteiger partial charge on any atom is 0.305 e. The maximum absolute atomic E-state index is 12.6. The molecule has 0 radical (unpaired) electrons. The second kappa shape index (κ2) is 14.8. The van der Waals surface area contributed by atoms with Crippen LogP contribution in [0.25, 0.3) is 0 Å². The van der Waals surface area contributed by atoms with Gasteiger partial charge in [-0.15, -0.1) is 0 Å². The molecule has 1 saturated heterocycles. The smallest absolute Gasteiger partial charge is 0.305 e. The van der Waals surface area contributed by atoms with E-state index >= 15 is 0 Å². The number of carbonyl (C=O) groups excluding carboxylic acids is 2. The predicted molar refractivity (Wildman–Crippen MR) is 157 cm³/mol. The standard InChI is InChI=1S/C33H33ClN2O6/c34-29-14-13-25(16-26(29)17-32(37)35-36-33(38)30-12-7-15-40-30)31-19-27(41-21-24-10-5-2-6-11-24)18-28(42-31)22-39-20-23-8-3-1-4-9-23/h1-16,27-28,31H,17-22H2,(H,35,37)(H,36,38). The third-order valence-electron chi connectivity index (χ3n) is 6.96. The fourth-order valence-electron chi connectivity index (χ4n) is 4.84. The molecule has 4 aromatic rings. The lowest BCUT2D eigenvalue weighted by atomic mass is 9.94. The zero-order chi connectivity index (χ0) is 29.1. The summed E-state index contributed by atoms with van der Waals surface area (Å²) in [7, 11) is 0. The van der Waals surface area contributed by atoms with Crippen molar-refractivity contribution in [2.75, 3.05) is 6.61 Å². The molecule has 0 saturated carbocycles. The molecule has 0 aliphatic carbocycles. The highest BCUT2D eigenvalue weighted by Gasteiger charge is 2.32. The van der Waals surface area contributed by atoms with Crippen LogP contribution in [-0.4, -0.2) is 30.6 Å². The largest absolute Gasteiger partial charge is 0.459 e. The Labute approximate surface area is 249 Å². The number of nitrogens with one attached hydrogen (secondary N) is 2. The van der Waals surface area contributed by atoms with Crippen LogP contribution in [0.2, 0.25) is 5.02 Å². The zero-order valence-corrected chi connectivity index (χ0v) is 23.8. The normalized spacial score (nSPS) is 18.4. The first-order chi connectivity index (χ1) is 20.5. The first kappa shape index (κ1) is 29.5. The van der Waals surface area contributed by atoms with Crippen molar-refractivity contribution in [2.45, 2.75) is 50.8 Å². The van der Waals surface area contributed by atoms with Gasteiger partial charge in [0.15, 0.2) is 5.76 Å². The maximum atomic E-state index is 12.6. The number of rotatable bonds is 11. The van der Waals surface area contributed by atoms with E-state index in [0.29, 0.717) is 43.2 Å². The van der Waals surface area contributed by atoms with E-state index in [2.05, 4.69) is 10.9 Å². The second-order valence-corrected chi connectivity index (χ2v) is 10.6. The SMILES string of the molecule is O=C(Cc1cc(C2CC(OCc3ccccc3)CC(COCc3ccccc3)O2)ccc1Cl)NNC(=O)c1ccco1. The number of halogens is 1. The highest BCUT2D eigenvalue weighted by atomic mass is 35.5. The van der Waals surface area contributed by atoms with E-state index in [0.717, 1.165) is 16.7 Å². The summed E-state index contributed by atoms with van der Waals surface area (Å²) < 4.78 is 23.9. The van der Waals surface area contributed by atoms with Crippen LogP contribution >= 0.6 is 11.6 Å². The number of benzene rings is 3. The van der Waals surface area contributed by atoms with Crippen LogP contribution in [0.4, 0.5) is 0 Å². The molecule has 218 valence electrons. The van der Waals surface area contributed by atoms with Gasteiger partial charge >= 0.3 is 5.91 Å². The summed E-state index contributed by atoms with van der Waals surface area (Å²) in [5, 5.41) is 0.446. The molecule has 42 heavy (non-hydrogen) atoms. The van der Waals surface area contributed by atoms with Gasteiger partial charge in [-0.2, -0.15) is 0 Å². The molecule has 3 atom stereocenters. The van der Waals surface area contributed by atoms with E-state index < -0.39 is 11.8 Å². The van der Waals surface area contributed by atoms with Gasteiger partial charge in [-0.3, -0.25) is 20.4 Å². The first-order valence-corrected chi connectivity index (χ1v) is 14.2. The van der Waals surface area contributed by atoms with Gasteiger partial charge in [-0.25, -0.2) is 0 Å². The summed E-state index contributed by atoms with van der Waals surface area (Å²) in [6, 6.07) is 28.7. The van der Waals surface area contributed by atoms with Crippen LogP contribution < -0.4 is 10.9 Å². The van der Waals surface area contributed by atoms with Crippen molar-refractivity contribution in [2.24, 2.45) is 0 Å². The van der Waals surface area contributed by atoms with E-state index in [4.69, 9.17) is 30.2 Å². The van der Waals surface area contributed by atoms with Crippen LogP contribution in [0.1, 0.15) is 51.8 Å². The summed E-state index contributed by atoms with van der Waals surface area (Å²) in [6.45, 7) is 1.43. The lowest BCUT2D eigenvalue weighted by Crippen LogP contribution is -2.42. The minimum absolute atomic E-state index is 0.0324. The number of hydrazine groups is 1. The molecule has 1 aliphatic heterocycles. The summed E-state index contributed by atoms with van der Waals surface area (Å²) in [5.74, 6) is -0.878. The molecule has 1 fully saturated rings. The fraction of sp³-hybridized carbons (Fsp3) is 0.273. The molecular formula is C33H33ClN2O6. The highest BCUT2D eigenvalue weighted by Crippen LogP contribution is 2.35. The molecule has 9 heteroatoms. The minimum Gasteiger partial charge on any atom is -0.459 e. The molecule has 2 heterocycles. The Morgan fingerprint density at radius 1 is 0.857 bits per heavy atom. The topological polar surface area (TPSA) is 99.0 Å². The monoisotopic (exact) mass is 588 g/mol. The van der Waals surface area contributed by atoms with Crippen molar-refractivity contribution in [3.8, 4) is 0 Å². The van der Waals surface area contributed by atoms with Crippen LogP contribution in [0.5, 0.6) is 0 Å². The number of hydrogen-bond acceptors (Lipinski definition) is 6. The highest BCUT2D eigenvalue weighted by molar-refractivity contribution is 6.31.